The first-order chi connectivity index (χ1) is 19.0. The lowest BCUT2D eigenvalue weighted by Gasteiger charge is -2.36. The minimum absolute atomic E-state index is 0.0941. The van der Waals surface area contributed by atoms with Gasteiger partial charge < -0.3 is 14.5 Å². The number of hydrogen-bond acceptors (Lipinski definition) is 7. The second-order valence-corrected chi connectivity index (χ2v) is 10.0. The fourth-order valence-electron chi connectivity index (χ4n) is 4.36. The van der Waals surface area contributed by atoms with Gasteiger partial charge in [-0.15, -0.1) is 0 Å². The largest absolute Gasteiger partial charge is 0.444 e. The van der Waals surface area contributed by atoms with Crippen LogP contribution in [0.2, 0.25) is 0 Å². The molecule has 0 bridgehead atoms. The second-order valence-electron chi connectivity index (χ2n) is 10.0. The fraction of sp³-hybridized carbons (Fsp3) is 0.483. The highest BCUT2D eigenvalue weighted by atomic mass is 19.1. The van der Waals surface area contributed by atoms with E-state index in [0.717, 1.165) is 21.3 Å². The molecule has 0 atom stereocenters. The van der Waals surface area contributed by atoms with Crippen molar-refractivity contribution in [2.24, 2.45) is 0 Å². The molecule has 1 amide bonds. The Bertz CT molecular complexity index is 1550. The Morgan fingerprint density at radius 3 is 2.23 bits per heavy atom. The number of aromatic nitrogens is 5. The molecule has 0 N–H and O–H groups in total. The molecule has 40 heavy (non-hydrogen) atoms. The van der Waals surface area contributed by atoms with E-state index in [1.165, 1.54) is 6.07 Å². The molecule has 0 radical (unpaired) electrons. The lowest BCUT2D eigenvalue weighted by molar-refractivity contribution is 0.0240. The standard InChI is InChI=1S/C25H28FN7O3.2C2H6/c1-15-10-18-12-17(11-16(2)33(18)29-15)21-27-22-20(26)13-19(14-32(22)23(34)28-21)30-6-8-31(9-7-30)24(35)36-25(3,4)5;2*1-2/h10-14H,6-9H2,1-5H3;2*1-2H3. The van der Waals surface area contributed by atoms with Gasteiger partial charge in [0.1, 0.15) is 5.60 Å². The molecule has 1 saturated heterocycles. The Labute approximate surface area is 234 Å². The van der Waals surface area contributed by atoms with Crippen molar-refractivity contribution in [3.63, 3.8) is 0 Å². The van der Waals surface area contributed by atoms with Gasteiger partial charge in [-0.2, -0.15) is 10.1 Å². The van der Waals surface area contributed by atoms with Gasteiger partial charge in [-0.25, -0.2) is 27.9 Å². The van der Waals surface area contributed by atoms with Gasteiger partial charge in [0.05, 0.1) is 16.9 Å². The molecule has 10 nitrogen and oxygen atoms in total. The summed E-state index contributed by atoms with van der Waals surface area (Å²) in [6.45, 7) is 19.1. The molecule has 0 aromatic carbocycles. The molecular weight excluding hydrogens is 513 g/mol. The van der Waals surface area contributed by atoms with Gasteiger partial charge in [0.2, 0.25) is 0 Å². The highest BCUT2D eigenvalue weighted by Gasteiger charge is 2.26. The zero-order valence-corrected chi connectivity index (χ0v) is 24.9. The molecule has 5 heterocycles. The first kappa shape index (κ1) is 30.5. The molecule has 0 unspecified atom stereocenters. The zero-order chi connectivity index (χ0) is 29.8. The van der Waals surface area contributed by atoms with Crippen molar-refractivity contribution in [2.45, 2.75) is 67.9 Å². The van der Waals surface area contributed by atoms with Crippen LogP contribution in [-0.4, -0.2) is 66.8 Å². The number of carbonyl (C=O) groups excluding carboxylic acids is 1. The number of ether oxygens (including phenoxy) is 1. The average Bonchev–Trinajstić information content (AvgIpc) is 3.31. The van der Waals surface area contributed by atoms with E-state index in [4.69, 9.17) is 4.74 Å². The number of anilines is 1. The summed E-state index contributed by atoms with van der Waals surface area (Å²) < 4.78 is 23.6. The highest BCUT2D eigenvalue weighted by Crippen LogP contribution is 2.23. The number of pyridine rings is 2. The zero-order valence-electron chi connectivity index (χ0n) is 24.9. The van der Waals surface area contributed by atoms with E-state index in [1.54, 1.807) is 15.6 Å². The second kappa shape index (κ2) is 12.4. The highest BCUT2D eigenvalue weighted by molar-refractivity contribution is 5.69. The topological polar surface area (TPSA) is 97.3 Å². The summed E-state index contributed by atoms with van der Waals surface area (Å²) in [5, 5.41) is 4.43. The molecule has 4 aromatic heterocycles. The number of rotatable bonds is 2. The molecule has 0 spiro atoms. The number of piperazine rings is 1. The molecule has 0 saturated carbocycles. The quantitative estimate of drug-likeness (QED) is 0.334. The SMILES string of the molecule is CC.CC.Cc1cc2cc(-c3nc(=O)n4cc(N5CCN(C(=O)OC(C)(C)C)CC5)cc(F)c4n3)cc(C)n2n1. The number of fused-ring (bicyclic) bond motifs is 2. The van der Waals surface area contributed by atoms with Gasteiger partial charge in [-0.1, -0.05) is 27.7 Å². The maximum absolute atomic E-state index is 15.2. The minimum atomic E-state index is -0.624. The van der Waals surface area contributed by atoms with Gasteiger partial charge in [-0.3, -0.25) is 0 Å². The maximum atomic E-state index is 15.2. The number of amides is 1. The lowest BCUT2D eigenvalue weighted by Crippen LogP contribution is -2.50. The fourth-order valence-corrected chi connectivity index (χ4v) is 4.36. The van der Waals surface area contributed by atoms with Gasteiger partial charge in [0, 0.05) is 49.7 Å². The summed E-state index contributed by atoms with van der Waals surface area (Å²) in [5.74, 6) is -0.470. The lowest BCUT2D eigenvalue weighted by atomic mass is 10.2. The van der Waals surface area contributed by atoms with Crippen molar-refractivity contribution in [3.05, 3.63) is 58.2 Å². The third-order valence-electron chi connectivity index (χ3n) is 6.01. The van der Waals surface area contributed by atoms with Gasteiger partial charge in [0.15, 0.2) is 17.3 Å². The van der Waals surface area contributed by atoms with Crippen molar-refractivity contribution in [1.82, 2.24) is 28.9 Å². The Morgan fingerprint density at radius 1 is 0.950 bits per heavy atom. The first-order valence-corrected chi connectivity index (χ1v) is 13.8. The number of aryl methyl sites for hydroxylation is 2. The smallest absolute Gasteiger partial charge is 0.410 e. The van der Waals surface area contributed by atoms with Crippen molar-refractivity contribution in [2.75, 3.05) is 31.1 Å². The van der Waals surface area contributed by atoms with Crippen LogP contribution >= 0.6 is 0 Å². The minimum Gasteiger partial charge on any atom is -0.444 e. The van der Waals surface area contributed by atoms with E-state index >= 15 is 4.39 Å². The predicted molar refractivity (Wildman–Crippen MR) is 156 cm³/mol. The normalized spacial score (nSPS) is 13.4. The summed E-state index contributed by atoms with van der Waals surface area (Å²) in [6, 6.07) is 6.93. The summed E-state index contributed by atoms with van der Waals surface area (Å²) >= 11 is 0. The third kappa shape index (κ3) is 6.57. The van der Waals surface area contributed by atoms with Gasteiger partial charge in [-0.05, 0) is 52.8 Å². The summed E-state index contributed by atoms with van der Waals surface area (Å²) in [4.78, 5) is 37.3. The molecule has 5 rings (SSSR count). The summed E-state index contributed by atoms with van der Waals surface area (Å²) in [5.41, 5.74) is 2.40. The van der Waals surface area contributed by atoms with Crippen LogP contribution in [0.15, 0.2) is 35.3 Å². The van der Waals surface area contributed by atoms with Crippen LogP contribution in [0.25, 0.3) is 22.6 Å². The molecule has 4 aromatic rings. The van der Waals surface area contributed by atoms with Crippen LogP contribution in [0.3, 0.4) is 0 Å². The van der Waals surface area contributed by atoms with E-state index in [-0.39, 0.29) is 17.6 Å². The first-order valence-electron chi connectivity index (χ1n) is 13.8. The number of nitrogens with zero attached hydrogens (tertiary/aromatic N) is 7. The predicted octanol–water partition coefficient (Wildman–Crippen LogP) is 5.27. The van der Waals surface area contributed by atoms with Crippen molar-refractivity contribution < 1.29 is 13.9 Å². The van der Waals surface area contributed by atoms with E-state index in [9.17, 15) is 9.59 Å². The van der Waals surface area contributed by atoms with Crippen LogP contribution < -0.4 is 10.6 Å². The Morgan fingerprint density at radius 2 is 1.60 bits per heavy atom. The number of hydrogen-bond donors (Lipinski definition) is 0. The van der Waals surface area contributed by atoms with E-state index in [1.807, 2.05) is 85.4 Å². The Kier molecular flexibility index (Phi) is 9.49. The van der Waals surface area contributed by atoms with E-state index in [2.05, 4.69) is 15.1 Å². The average molecular weight is 554 g/mol. The molecule has 0 aliphatic carbocycles. The Hall–Kier alpha value is -4.02. The van der Waals surface area contributed by atoms with E-state index < -0.39 is 17.1 Å². The maximum Gasteiger partial charge on any atom is 0.410 e. The van der Waals surface area contributed by atoms with E-state index in [0.29, 0.717) is 37.4 Å². The number of carbonyl (C=O) groups is 1. The summed E-state index contributed by atoms with van der Waals surface area (Å²) in [7, 11) is 0. The molecule has 1 aliphatic rings. The van der Waals surface area contributed by atoms with Crippen molar-refractivity contribution in [3.8, 4) is 11.4 Å². The van der Waals surface area contributed by atoms with Crippen LogP contribution in [0.1, 0.15) is 59.9 Å². The van der Waals surface area contributed by atoms with Gasteiger partial charge in [0.25, 0.3) is 0 Å². The monoisotopic (exact) mass is 553 g/mol. The summed E-state index contributed by atoms with van der Waals surface area (Å²) in [6.07, 6.45) is 1.17. The Balaban J connectivity index is 0.00000106. The van der Waals surface area contributed by atoms with Crippen molar-refractivity contribution >= 4 is 22.9 Å². The molecule has 11 heteroatoms. The van der Waals surface area contributed by atoms with Crippen LogP contribution in [0, 0.1) is 19.7 Å². The van der Waals surface area contributed by atoms with Crippen LogP contribution in [-0.2, 0) is 4.74 Å². The molecule has 216 valence electrons. The third-order valence-corrected chi connectivity index (χ3v) is 6.01. The van der Waals surface area contributed by atoms with Crippen molar-refractivity contribution in [1.29, 1.82) is 0 Å². The van der Waals surface area contributed by atoms with Gasteiger partial charge >= 0.3 is 11.8 Å². The van der Waals surface area contributed by atoms with Crippen LogP contribution in [0.4, 0.5) is 14.9 Å². The molecular formula is C29H40FN7O3. The van der Waals surface area contributed by atoms with Crippen LogP contribution in [0.5, 0.6) is 0 Å². The molecule has 1 aliphatic heterocycles. The number of halogens is 1. The molecule has 1 fully saturated rings.